The highest BCUT2D eigenvalue weighted by molar-refractivity contribution is 5.55. The molecule has 1 aromatic heterocycles. The number of nitriles is 1. The summed E-state index contributed by atoms with van der Waals surface area (Å²) in [5.74, 6) is 0.604. The van der Waals surface area contributed by atoms with Crippen molar-refractivity contribution in [3.8, 4) is 6.07 Å². The summed E-state index contributed by atoms with van der Waals surface area (Å²) in [7, 11) is 0. The van der Waals surface area contributed by atoms with Gasteiger partial charge in [0, 0.05) is 12.6 Å². The van der Waals surface area contributed by atoms with Crippen molar-refractivity contribution < 1.29 is 0 Å². The minimum Gasteiger partial charge on any atom is -0.367 e. The van der Waals surface area contributed by atoms with Crippen molar-refractivity contribution in [2.45, 2.75) is 39.2 Å². The van der Waals surface area contributed by atoms with E-state index in [0.717, 1.165) is 36.8 Å². The average molecular weight is 245 g/mol. The maximum Gasteiger partial charge on any atom is 0.166 e. The molecular formula is C13H19N5. The van der Waals surface area contributed by atoms with E-state index < -0.39 is 0 Å². The van der Waals surface area contributed by atoms with Gasteiger partial charge >= 0.3 is 0 Å². The van der Waals surface area contributed by atoms with E-state index in [1.807, 2.05) is 13.8 Å². The van der Waals surface area contributed by atoms with Gasteiger partial charge in [0.05, 0.1) is 5.69 Å². The summed E-state index contributed by atoms with van der Waals surface area (Å²) in [4.78, 5) is 0. The Hall–Kier alpha value is -1.67. The lowest BCUT2D eigenvalue weighted by Gasteiger charge is -2.09. The van der Waals surface area contributed by atoms with Crippen molar-refractivity contribution >= 4 is 5.82 Å². The van der Waals surface area contributed by atoms with E-state index in [1.165, 1.54) is 12.8 Å². The maximum atomic E-state index is 9.14. The molecule has 0 unspecified atom stereocenters. The summed E-state index contributed by atoms with van der Waals surface area (Å²) < 4.78 is 0. The predicted molar refractivity (Wildman–Crippen MR) is 70.4 cm³/mol. The molecule has 0 saturated heterocycles. The largest absolute Gasteiger partial charge is 0.367 e. The smallest absolute Gasteiger partial charge is 0.166 e. The molecule has 5 nitrogen and oxygen atoms in total. The van der Waals surface area contributed by atoms with Crippen LogP contribution in [0.5, 0.6) is 0 Å². The van der Waals surface area contributed by atoms with E-state index in [4.69, 9.17) is 5.26 Å². The van der Waals surface area contributed by atoms with Gasteiger partial charge < -0.3 is 10.6 Å². The Morgan fingerprint density at radius 2 is 2.06 bits per heavy atom. The Bertz CT molecular complexity index is 459. The summed E-state index contributed by atoms with van der Waals surface area (Å²) in [5, 5.41) is 23.9. The Labute approximate surface area is 108 Å². The first kappa shape index (κ1) is 12.8. The van der Waals surface area contributed by atoms with E-state index >= 15 is 0 Å². The quantitative estimate of drug-likeness (QED) is 0.743. The molecule has 2 N–H and O–H groups in total. The predicted octanol–water partition coefficient (Wildman–Crippen LogP) is 1.52. The first-order chi connectivity index (χ1) is 8.72. The summed E-state index contributed by atoms with van der Waals surface area (Å²) in [6.07, 6.45) is 3.65. The van der Waals surface area contributed by atoms with Gasteiger partial charge in [-0.3, -0.25) is 0 Å². The summed E-state index contributed by atoms with van der Waals surface area (Å²) in [6.45, 7) is 5.60. The lowest BCUT2D eigenvalue weighted by atomic mass is 10.1. The van der Waals surface area contributed by atoms with Gasteiger partial charge in [0.25, 0.3) is 0 Å². The third-order valence-electron chi connectivity index (χ3n) is 3.22. The molecule has 18 heavy (non-hydrogen) atoms. The molecule has 1 heterocycles. The molecule has 96 valence electrons. The molecule has 0 aliphatic heterocycles. The van der Waals surface area contributed by atoms with Crippen LogP contribution in [-0.2, 0) is 0 Å². The molecule has 5 heteroatoms. The minimum atomic E-state index is 0.604. The van der Waals surface area contributed by atoms with Crippen molar-refractivity contribution in [2.24, 2.45) is 0 Å². The first-order valence-corrected chi connectivity index (χ1v) is 6.43. The molecule has 1 aliphatic rings. The van der Waals surface area contributed by atoms with Gasteiger partial charge in [-0.1, -0.05) is 0 Å². The van der Waals surface area contributed by atoms with Crippen LogP contribution >= 0.6 is 0 Å². The number of aromatic nitrogens is 2. The van der Waals surface area contributed by atoms with Crippen LogP contribution < -0.4 is 10.6 Å². The minimum absolute atomic E-state index is 0.604. The van der Waals surface area contributed by atoms with Gasteiger partial charge in [0.2, 0.25) is 0 Å². The Balaban J connectivity index is 1.84. The molecule has 0 amide bonds. The number of hydrogen-bond donors (Lipinski definition) is 2. The normalized spacial score (nSPS) is 14.3. The van der Waals surface area contributed by atoms with Gasteiger partial charge in [-0.2, -0.15) is 10.4 Å². The number of anilines is 1. The maximum absolute atomic E-state index is 9.14. The summed E-state index contributed by atoms with van der Waals surface area (Å²) in [6, 6.07) is 2.94. The lowest BCUT2D eigenvalue weighted by Crippen LogP contribution is -2.20. The average Bonchev–Trinajstić information content (AvgIpc) is 3.17. The fraction of sp³-hybridized carbons (Fsp3) is 0.615. The van der Waals surface area contributed by atoms with Gasteiger partial charge in [0.15, 0.2) is 5.82 Å². The number of rotatable bonds is 6. The molecule has 0 bridgehead atoms. The lowest BCUT2D eigenvalue weighted by molar-refractivity contribution is 0.658. The third kappa shape index (κ3) is 3.17. The van der Waals surface area contributed by atoms with Crippen molar-refractivity contribution in [3.63, 3.8) is 0 Å². The van der Waals surface area contributed by atoms with Crippen molar-refractivity contribution in [1.82, 2.24) is 15.5 Å². The molecule has 1 fully saturated rings. The zero-order valence-corrected chi connectivity index (χ0v) is 11.0. The summed E-state index contributed by atoms with van der Waals surface area (Å²) in [5.41, 5.74) is 2.33. The van der Waals surface area contributed by atoms with Gasteiger partial charge in [-0.15, -0.1) is 5.10 Å². The fourth-order valence-corrected chi connectivity index (χ4v) is 1.76. The van der Waals surface area contributed by atoms with Crippen LogP contribution in [0.2, 0.25) is 0 Å². The highest BCUT2D eigenvalue weighted by Crippen LogP contribution is 2.18. The number of aryl methyl sites for hydroxylation is 1. The number of hydrogen-bond acceptors (Lipinski definition) is 5. The second kappa shape index (κ2) is 5.78. The highest BCUT2D eigenvalue weighted by Gasteiger charge is 2.19. The van der Waals surface area contributed by atoms with Crippen molar-refractivity contribution in [2.75, 3.05) is 18.4 Å². The van der Waals surface area contributed by atoms with Gasteiger partial charge in [-0.05, 0) is 45.2 Å². The zero-order valence-electron chi connectivity index (χ0n) is 11.0. The Kier molecular flexibility index (Phi) is 4.11. The van der Waals surface area contributed by atoms with Crippen LogP contribution in [0.3, 0.4) is 0 Å². The Morgan fingerprint density at radius 3 is 2.72 bits per heavy atom. The van der Waals surface area contributed by atoms with Crippen molar-refractivity contribution in [1.29, 1.82) is 5.26 Å². The second-order valence-electron chi connectivity index (χ2n) is 4.75. The molecular weight excluding hydrogens is 226 g/mol. The standard InChI is InChI=1S/C13H19N5/c1-9-10(2)17-18-13(12(9)8-14)16-7-3-6-15-11-4-5-11/h11,15H,3-7H2,1-2H3,(H,16,18). The third-order valence-corrected chi connectivity index (χ3v) is 3.22. The van der Waals surface area contributed by atoms with Crippen LogP contribution in [0.4, 0.5) is 5.82 Å². The van der Waals surface area contributed by atoms with E-state index in [-0.39, 0.29) is 0 Å². The second-order valence-corrected chi connectivity index (χ2v) is 4.75. The van der Waals surface area contributed by atoms with Gasteiger partial charge in [-0.25, -0.2) is 0 Å². The van der Waals surface area contributed by atoms with Crippen LogP contribution in [0.15, 0.2) is 0 Å². The molecule has 1 aliphatic carbocycles. The molecule has 0 spiro atoms. The van der Waals surface area contributed by atoms with E-state index in [2.05, 4.69) is 26.9 Å². The zero-order chi connectivity index (χ0) is 13.0. The molecule has 0 atom stereocenters. The van der Waals surface area contributed by atoms with Crippen LogP contribution in [0.1, 0.15) is 36.1 Å². The fourth-order valence-electron chi connectivity index (χ4n) is 1.76. The monoisotopic (exact) mass is 245 g/mol. The van der Waals surface area contributed by atoms with Gasteiger partial charge in [0.1, 0.15) is 11.6 Å². The molecule has 1 saturated carbocycles. The van der Waals surface area contributed by atoms with Crippen LogP contribution in [0, 0.1) is 25.2 Å². The highest BCUT2D eigenvalue weighted by atomic mass is 15.2. The number of nitrogens with zero attached hydrogens (tertiary/aromatic N) is 3. The number of nitrogens with one attached hydrogen (secondary N) is 2. The van der Waals surface area contributed by atoms with E-state index in [0.29, 0.717) is 11.4 Å². The molecule has 0 radical (unpaired) electrons. The van der Waals surface area contributed by atoms with Crippen LogP contribution in [0.25, 0.3) is 0 Å². The van der Waals surface area contributed by atoms with E-state index in [9.17, 15) is 0 Å². The van der Waals surface area contributed by atoms with E-state index in [1.54, 1.807) is 0 Å². The van der Waals surface area contributed by atoms with Crippen LogP contribution in [-0.4, -0.2) is 29.3 Å². The molecule has 0 aromatic carbocycles. The van der Waals surface area contributed by atoms with Crippen molar-refractivity contribution in [3.05, 3.63) is 16.8 Å². The SMILES string of the molecule is Cc1nnc(NCCCNC2CC2)c(C#N)c1C. The molecule has 2 rings (SSSR count). The first-order valence-electron chi connectivity index (χ1n) is 6.43. The Morgan fingerprint density at radius 1 is 1.28 bits per heavy atom. The topological polar surface area (TPSA) is 73.6 Å². The molecule has 1 aromatic rings. The summed E-state index contributed by atoms with van der Waals surface area (Å²) >= 11 is 0.